The van der Waals surface area contributed by atoms with Crippen molar-refractivity contribution >= 4 is 24.0 Å². The summed E-state index contributed by atoms with van der Waals surface area (Å²) >= 11 is 6.48. The molecule has 2 rings (SSSR count). The molecule has 4 nitrogen and oxygen atoms in total. The van der Waals surface area contributed by atoms with Crippen LogP contribution in [0.3, 0.4) is 0 Å². The predicted molar refractivity (Wildman–Crippen MR) is 109 cm³/mol. The molecule has 0 radical (unpaired) electrons. The molecule has 0 heterocycles. The van der Waals surface area contributed by atoms with E-state index in [1.807, 2.05) is 69.3 Å². The summed E-state index contributed by atoms with van der Waals surface area (Å²) in [6, 6.07) is 15.7. The number of carbonyl (C=O) groups excluding carboxylic acids is 2. The van der Waals surface area contributed by atoms with Crippen LogP contribution in [0.4, 0.5) is 4.79 Å². The molecule has 0 aliphatic heterocycles. The summed E-state index contributed by atoms with van der Waals surface area (Å²) in [6.07, 6.45) is 1.47. The number of carbonyl (C=O) groups is 2. The lowest BCUT2D eigenvalue weighted by Gasteiger charge is -2.27. The van der Waals surface area contributed by atoms with Crippen molar-refractivity contribution in [1.29, 1.82) is 0 Å². The number of aldehydes is 1. The normalized spacial score (nSPS) is 11.1. The molecule has 0 aliphatic carbocycles. The molecular weight excluding hydrogens is 362 g/mol. The predicted octanol–water partition coefficient (Wildman–Crippen LogP) is 5.72. The number of hydrogen-bond acceptors (Lipinski definition) is 3. The lowest BCUT2D eigenvalue weighted by atomic mass is 10.0. The summed E-state index contributed by atoms with van der Waals surface area (Å²) in [4.78, 5) is 24.7. The first-order valence-corrected chi connectivity index (χ1v) is 9.43. The van der Waals surface area contributed by atoms with Crippen molar-refractivity contribution < 1.29 is 14.3 Å². The minimum Gasteiger partial charge on any atom is -0.444 e. The second-order valence-electron chi connectivity index (χ2n) is 7.39. The molecule has 0 fully saturated rings. The molecule has 0 atom stereocenters. The van der Waals surface area contributed by atoms with Gasteiger partial charge in [-0.1, -0.05) is 54.1 Å². The van der Waals surface area contributed by atoms with Crippen LogP contribution >= 0.6 is 11.6 Å². The van der Waals surface area contributed by atoms with Crippen molar-refractivity contribution in [1.82, 2.24) is 4.90 Å². The molecule has 0 saturated heterocycles. The van der Waals surface area contributed by atoms with Crippen LogP contribution in [0.1, 0.15) is 39.2 Å². The standard InChI is InChI=1S/C22H26ClNO3/c1-22(2,3)27-21(26)24(13-7-8-14-25)16-17-11-12-19(20(23)15-17)18-9-5-4-6-10-18/h4-6,9-12,14-15H,7-8,13,16H2,1-3H3. The summed E-state index contributed by atoms with van der Waals surface area (Å²) in [7, 11) is 0. The molecule has 144 valence electrons. The fraction of sp³-hybridized carbons (Fsp3) is 0.364. The van der Waals surface area contributed by atoms with Gasteiger partial charge in [0.15, 0.2) is 0 Å². The van der Waals surface area contributed by atoms with E-state index in [0.29, 0.717) is 31.0 Å². The van der Waals surface area contributed by atoms with E-state index in [-0.39, 0.29) is 0 Å². The highest BCUT2D eigenvalue weighted by Gasteiger charge is 2.22. The Bertz CT molecular complexity index is 769. The minimum atomic E-state index is -0.575. The first-order chi connectivity index (χ1) is 12.8. The third kappa shape index (κ3) is 6.72. The first-order valence-electron chi connectivity index (χ1n) is 9.05. The van der Waals surface area contributed by atoms with Gasteiger partial charge in [-0.3, -0.25) is 0 Å². The molecule has 0 aliphatic rings. The van der Waals surface area contributed by atoms with Gasteiger partial charge in [0.2, 0.25) is 0 Å². The summed E-state index contributed by atoms with van der Waals surface area (Å²) < 4.78 is 5.49. The number of benzene rings is 2. The summed E-state index contributed by atoms with van der Waals surface area (Å²) in [6.45, 7) is 6.33. The Labute approximate surface area is 166 Å². The number of halogens is 1. The number of unbranched alkanes of at least 4 members (excludes halogenated alkanes) is 1. The Morgan fingerprint density at radius 1 is 1.15 bits per heavy atom. The molecule has 2 aromatic rings. The molecule has 5 heteroatoms. The van der Waals surface area contributed by atoms with Gasteiger partial charge in [0.1, 0.15) is 11.9 Å². The highest BCUT2D eigenvalue weighted by molar-refractivity contribution is 6.33. The van der Waals surface area contributed by atoms with Crippen LogP contribution in [-0.4, -0.2) is 29.4 Å². The Morgan fingerprint density at radius 2 is 1.85 bits per heavy atom. The van der Waals surface area contributed by atoms with Gasteiger partial charge in [0.25, 0.3) is 0 Å². The first kappa shape index (κ1) is 21.0. The average molecular weight is 388 g/mol. The molecule has 27 heavy (non-hydrogen) atoms. The van der Waals surface area contributed by atoms with E-state index in [2.05, 4.69) is 0 Å². The minimum absolute atomic E-state index is 0.378. The van der Waals surface area contributed by atoms with Gasteiger partial charge in [-0.2, -0.15) is 0 Å². The average Bonchev–Trinajstić information content (AvgIpc) is 2.60. The maximum atomic E-state index is 12.5. The van der Waals surface area contributed by atoms with Crippen molar-refractivity contribution in [3.05, 3.63) is 59.1 Å². The van der Waals surface area contributed by atoms with E-state index in [1.54, 1.807) is 4.90 Å². The molecule has 0 N–H and O–H groups in total. The lowest BCUT2D eigenvalue weighted by Crippen LogP contribution is -2.37. The van der Waals surface area contributed by atoms with Gasteiger partial charge in [-0.05, 0) is 44.4 Å². The van der Waals surface area contributed by atoms with Crippen LogP contribution in [0.25, 0.3) is 11.1 Å². The van der Waals surface area contributed by atoms with Crippen LogP contribution in [-0.2, 0) is 16.1 Å². The van der Waals surface area contributed by atoms with Crippen LogP contribution in [0.2, 0.25) is 5.02 Å². The second kappa shape index (κ2) is 9.56. The van der Waals surface area contributed by atoms with Crippen molar-refractivity contribution in [2.45, 2.75) is 45.8 Å². The Kier molecular flexibility index (Phi) is 7.43. The molecule has 0 aromatic heterocycles. The van der Waals surface area contributed by atoms with Gasteiger partial charge in [-0.15, -0.1) is 0 Å². The van der Waals surface area contributed by atoms with E-state index in [9.17, 15) is 9.59 Å². The maximum Gasteiger partial charge on any atom is 0.410 e. The highest BCUT2D eigenvalue weighted by atomic mass is 35.5. The fourth-order valence-corrected chi connectivity index (χ4v) is 2.97. The zero-order chi connectivity index (χ0) is 19.9. The Balaban J connectivity index is 2.17. The van der Waals surface area contributed by atoms with Crippen LogP contribution in [0, 0.1) is 0 Å². The number of amides is 1. The van der Waals surface area contributed by atoms with Crippen molar-refractivity contribution in [3.63, 3.8) is 0 Å². The molecule has 0 spiro atoms. The number of rotatable bonds is 7. The van der Waals surface area contributed by atoms with E-state index in [1.165, 1.54) is 0 Å². The molecule has 0 bridgehead atoms. The number of nitrogens with zero attached hydrogens (tertiary/aromatic N) is 1. The van der Waals surface area contributed by atoms with Crippen molar-refractivity contribution in [3.8, 4) is 11.1 Å². The van der Waals surface area contributed by atoms with Crippen LogP contribution in [0.5, 0.6) is 0 Å². The topological polar surface area (TPSA) is 46.6 Å². The van der Waals surface area contributed by atoms with Crippen molar-refractivity contribution in [2.75, 3.05) is 6.54 Å². The van der Waals surface area contributed by atoms with Crippen LogP contribution in [0.15, 0.2) is 48.5 Å². The van der Waals surface area contributed by atoms with Gasteiger partial charge < -0.3 is 14.4 Å². The fourth-order valence-electron chi connectivity index (χ4n) is 2.66. The van der Waals surface area contributed by atoms with Gasteiger partial charge in [-0.25, -0.2) is 4.79 Å². The number of ether oxygens (including phenoxy) is 1. The third-order valence-corrected chi connectivity index (χ3v) is 4.21. The zero-order valence-corrected chi connectivity index (χ0v) is 16.8. The Morgan fingerprint density at radius 3 is 2.44 bits per heavy atom. The summed E-state index contributed by atoms with van der Waals surface area (Å²) in [5.74, 6) is 0. The van der Waals surface area contributed by atoms with Gasteiger partial charge in [0, 0.05) is 30.1 Å². The third-order valence-electron chi connectivity index (χ3n) is 3.89. The smallest absolute Gasteiger partial charge is 0.410 e. The SMILES string of the molecule is CC(C)(C)OC(=O)N(CCCC=O)Cc1ccc(-c2ccccc2)c(Cl)c1. The van der Waals surface area contributed by atoms with Gasteiger partial charge in [0.05, 0.1) is 0 Å². The summed E-state index contributed by atoms with van der Waals surface area (Å²) in [5.41, 5.74) is 2.33. The van der Waals surface area contributed by atoms with Crippen LogP contribution < -0.4 is 0 Å². The largest absolute Gasteiger partial charge is 0.444 e. The Hall–Kier alpha value is -2.33. The maximum absolute atomic E-state index is 12.5. The molecule has 0 unspecified atom stereocenters. The monoisotopic (exact) mass is 387 g/mol. The quantitative estimate of drug-likeness (QED) is 0.450. The zero-order valence-electron chi connectivity index (χ0n) is 16.1. The molecule has 2 aromatic carbocycles. The second-order valence-corrected chi connectivity index (χ2v) is 7.80. The van der Waals surface area contributed by atoms with Gasteiger partial charge >= 0.3 is 6.09 Å². The van der Waals surface area contributed by atoms with Crippen molar-refractivity contribution in [2.24, 2.45) is 0 Å². The number of hydrogen-bond donors (Lipinski definition) is 0. The lowest BCUT2D eigenvalue weighted by molar-refractivity contribution is -0.108. The van der Waals surface area contributed by atoms with E-state index in [0.717, 1.165) is 23.0 Å². The van der Waals surface area contributed by atoms with E-state index >= 15 is 0 Å². The molecule has 1 amide bonds. The molecular formula is C22H26ClNO3. The highest BCUT2D eigenvalue weighted by Crippen LogP contribution is 2.29. The van der Waals surface area contributed by atoms with E-state index < -0.39 is 11.7 Å². The van der Waals surface area contributed by atoms with E-state index in [4.69, 9.17) is 16.3 Å². The molecule has 0 saturated carbocycles. The summed E-state index contributed by atoms with van der Waals surface area (Å²) in [5, 5.41) is 0.635.